The fourth-order valence-corrected chi connectivity index (χ4v) is 4.22. The van der Waals surface area contributed by atoms with Gasteiger partial charge < -0.3 is 14.4 Å². The summed E-state index contributed by atoms with van der Waals surface area (Å²) in [6, 6.07) is 10.2. The van der Waals surface area contributed by atoms with E-state index in [1.807, 2.05) is 12.1 Å². The Labute approximate surface area is 159 Å². The van der Waals surface area contributed by atoms with Gasteiger partial charge in [0.15, 0.2) is 0 Å². The first-order chi connectivity index (χ1) is 13.2. The minimum Gasteiger partial charge on any atom is -0.493 e. The van der Waals surface area contributed by atoms with Crippen LogP contribution in [0.3, 0.4) is 0 Å². The number of ether oxygens (including phenoxy) is 2. The van der Waals surface area contributed by atoms with Gasteiger partial charge in [-0.2, -0.15) is 0 Å². The number of anilines is 1. The summed E-state index contributed by atoms with van der Waals surface area (Å²) in [6.45, 7) is 1.45. The lowest BCUT2D eigenvalue weighted by molar-refractivity contribution is 0.0980. The largest absolute Gasteiger partial charge is 0.493 e. The van der Waals surface area contributed by atoms with Gasteiger partial charge in [0.05, 0.1) is 25.0 Å². The molecule has 0 radical (unpaired) electrons. The van der Waals surface area contributed by atoms with Gasteiger partial charge in [0.2, 0.25) is 0 Å². The van der Waals surface area contributed by atoms with Gasteiger partial charge in [0.1, 0.15) is 33.8 Å². The van der Waals surface area contributed by atoms with Gasteiger partial charge in [-0.1, -0.05) is 0 Å². The van der Waals surface area contributed by atoms with Crippen molar-refractivity contribution in [3.63, 3.8) is 0 Å². The third kappa shape index (κ3) is 2.84. The molecule has 3 aromatic rings. The van der Waals surface area contributed by atoms with Crippen LogP contribution in [0.2, 0.25) is 0 Å². The second kappa shape index (κ2) is 6.35. The molecule has 0 atom stereocenters. The normalized spacial score (nSPS) is 14.9. The van der Waals surface area contributed by atoms with Crippen molar-refractivity contribution in [2.75, 3.05) is 24.7 Å². The van der Waals surface area contributed by atoms with E-state index in [0.717, 1.165) is 28.3 Å². The van der Waals surface area contributed by atoms with E-state index >= 15 is 0 Å². The minimum atomic E-state index is -0.401. The van der Waals surface area contributed by atoms with Gasteiger partial charge in [0, 0.05) is 18.1 Å². The lowest BCUT2D eigenvalue weighted by Crippen LogP contribution is -2.37. The first kappa shape index (κ1) is 16.3. The molecule has 0 bridgehead atoms. The highest BCUT2D eigenvalue weighted by atomic mass is 32.1. The fraction of sp³-hybridized carbons (Fsp3) is 0.200. The molecule has 0 unspecified atom stereocenters. The molecule has 7 heteroatoms. The van der Waals surface area contributed by atoms with Gasteiger partial charge in [-0.15, -0.1) is 11.3 Å². The molecule has 0 fully saturated rings. The second-order valence-corrected chi connectivity index (χ2v) is 7.40. The van der Waals surface area contributed by atoms with Crippen molar-refractivity contribution in [1.82, 2.24) is 4.98 Å². The molecule has 0 aliphatic carbocycles. The van der Waals surface area contributed by atoms with Crippen LogP contribution in [0, 0.1) is 5.82 Å². The Morgan fingerprint density at radius 3 is 2.89 bits per heavy atom. The summed E-state index contributed by atoms with van der Waals surface area (Å²) in [5, 5.41) is 0.778. The Kier molecular flexibility index (Phi) is 3.82. The number of carbonyl (C=O) groups is 1. The van der Waals surface area contributed by atoms with Crippen LogP contribution in [-0.4, -0.2) is 30.6 Å². The molecule has 0 saturated carbocycles. The number of nitrogens with zero attached hydrogens (tertiary/aromatic N) is 2. The summed E-state index contributed by atoms with van der Waals surface area (Å²) in [4.78, 5) is 19.5. The first-order valence-electron chi connectivity index (χ1n) is 8.65. The monoisotopic (exact) mass is 382 g/mol. The van der Waals surface area contributed by atoms with Gasteiger partial charge >= 0.3 is 0 Å². The van der Waals surface area contributed by atoms with Crippen LogP contribution in [0.4, 0.5) is 10.1 Å². The summed E-state index contributed by atoms with van der Waals surface area (Å²) in [5.41, 5.74) is 2.58. The Morgan fingerprint density at radius 2 is 1.96 bits per heavy atom. The number of fused-ring (bicyclic) bond motifs is 2. The summed E-state index contributed by atoms with van der Waals surface area (Å²) in [7, 11) is 0. The smallest absolute Gasteiger partial charge is 0.270 e. The van der Waals surface area contributed by atoms with Crippen molar-refractivity contribution in [3.8, 4) is 22.1 Å². The van der Waals surface area contributed by atoms with Crippen LogP contribution >= 0.6 is 11.3 Å². The Morgan fingerprint density at radius 1 is 1.11 bits per heavy atom. The van der Waals surface area contributed by atoms with E-state index in [-0.39, 0.29) is 5.91 Å². The fourth-order valence-electron chi connectivity index (χ4n) is 3.36. The van der Waals surface area contributed by atoms with Crippen molar-refractivity contribution in [2.45, 2.75) is 6.42 Å². The molecule has 2 aromatic carbocycles. The Hall–Kier alpha value is -2.93. The van der Waals surface area contributed by atoms with Crippen molar-refractivity contribution in [1.29, 1.82) is 0 Å². The molecule has 5 nitrogen and oxygen atoms in total. The number of thiazole rings is 1. The molecule has 0 saturated heterocycles. The van der Waals surface area contributed by atoms with Crippen LogP contribution in [0.25, 0.3) is 10.6 Å². The number of benzene rings is 2. The summed E-state index contributed by atoms with van der Waals surface area (Å²) < 4.78 is 24.7. The Bertz CT molecular complexity index is 1050. The summed E-state index contributed by atoms with van der Waals surface area (Å²) in [5.74, 6) is 0.832. The maximum Gasteiger partial charge on any atom is 0.270 e. The molecule has 1 amide bonds. The van der Waals surface area contributed by atoms with Gasteiger partial charge in [-0.25, -0.2) is 9.37 Å². The summed E-state index contributed by atoms with van der Waals surface area (Å²) >= 11 is 1.33. The molecule has 3 heterocycles. The van der Waals surface area contributed by atoms with Gasteiger partial charge in [-0.3, -0.25) is 4.79 Å². The molecule has 0 spiro atoms. The Balaban J connectivity index is 1.45. The van der Waals surface area contributed by atoms with Gasteiger partial charge in [-0.05, 0) is 35.9 Å². The lowest BCUT2D eigenvalue weighted by atomic mass is 10.1. The molecule has 1 aromatic heterocycles. The zero-order chi connectivity index (χ0) is 18.4. The standard InChI is InChI=1S/C20H15FN2O3S/c21-14-2-4-17-15(10-14)23(6-8-26-17)20(24)18-11-22-19(27-18)13-1-3-16-12(9-13)5-7-25-16/h1-4,9-11H,5-8H2. The molecule has 5 rings (SSSR count). The highest BCUT2D eigenvalue weighted by molar-refractivity contribution is 7.17. The van der Waals surface area contributed by atoms with E-state index in [9.17, 15) is 9.18 Å². The van der Waals surface area contributed by atoms with Crippen molar-refractivity contribution >= 4 is 22.9 Å². The van der Waals surface area contributed by atoms with E-state index in [2.05, 4.69) is 11.1 Å². The maximum absolute atomic E-state index is 13.7. The van der Waals surface area contributed by atoms with Crippen LogP contribution < -0.4 is 14.4 Å². The predicted octanol–water partition coefficient (Wildman–Crippen LogP) is 3.92. The average molecular weight is 382 g/mol. The van der Waals surface area contributed by atoms with Crippen LogP contribution in [0.5, 0.6) is 11.5 Å². The second-order valence-electron chi connectivity index (χ2n) is 6.37. The van der Waals surface area contributed by atoms with Crippen LogP contribution in [0.15, 0.2) is 42.6 Å². The minimum absolute atomic E-state index is 0.196. The zero-order valence-corrected chi connectivity index (χ0v) is 15.1. The number of carbonyl (C=O) groups excluding carboxylic acids is 1. The quantitative estimate of drug-likeness (QED) is 0.674. The van der Waals surface area contributed by atoms with E-state index in [4.69, 9.17) is 9.47 Å². The lowest BCUT2D eigenvalue weighted by Gasteiger charge is -2.29. The number of halogens is 1. The zero-order valence-electron chi connectivity index (χ0n) is 14.3. The van der Waals surface area contributed by atoms with Crippen LogP contribution in [0.1, 0.15) is 15.2 Å². The molecule has 136 valence electrons. The van der Waals surface area contributed by atoms with E-state index < -0.39 is 5.82 Å². The highest BCUT2D eigenvalue weighted by Crippen LogP contribution is 2.36. The average Bonchev–Trinajstić information content (AvgIpc) is 3.35. The molecule has 0 N–H and O–H groups in total. The number of amides is 1. The molecule has 2 aliphatic heterocycles. The molecular formula is C20H15FN2O3S. The SMILES string of the molecule is O=C(c1cnc(-c2ccc3c(c2)CCO3)s1)N1CCOc2ccc(F)cc21. The van der Waals surface area contributed by atoms with E-state index in [1.54, 1.807) is 17.2 Å². The number of rotatable bonds is 2. The topological polar surface area (TPSA) is 51.7 Å². The molecule has 2 aliphatic rings. The highest BCUT2D eigenvalue weighted by Gasteiger charge is 2.27. The maximum atomic E-state index is 13.7. The van der Waals surface area contributed by atoms with Crippen LogP contribution in [-0.2, 0) is 6.42 Å². The summed E-state index contributed by atoms with van der Waals surface area (Å²) in [6.07, 6.45) is 2.47. The number of aromatic nitrogens is 1. The van der Waals surface area contributed by atoms with Crippen molar-refractivity contribution in [2.24, 2.45) is 0 Å². The third-order valence-electron chi connectivity index (χ3n) is 4.68. The van der Waals surface area contributed by atoms with E-state index in [0.29, 0.717) is 36.1 Å². The van der Waals surface area contributed by atoms with Crippen molar-refractivity contribution in [3.05, 3.63) is 58.9 Å². The molecular weight excluding hydrogens is 367 g/mol. The first-order valence-corrected chi connectivity index (χ1v) is 9.47. The number of hydrogen-bond donors (Lipinski definition) is 0. The third-order valence-corrected chi connectivity index (χ3v) is 5.72. The van der Waals surface area contributed by atoms with E-state index in [1.165, 1.54) is 23.5 Å². The van der Waals surface area contributed by atoms with Gasteiger partial charge in [0.25, 0.3) is 5.91 Å². The predicted molar refractivity (Wildman–Crippen MR) is 100 cm³/mol. The molecule has 27 heavy (non-hydrogen) atoms. The van der Waals surface area contributed by atoms with Crippen molar-refractivity contribution < 1.29 is 18.7 Å². The number of hydrogen-bond acceptors (Lipinski definition) is 5.